The second kappa shape index (κ2) is 4.24. The van der Waals surface area contributed by atoms with Crippen molar-refractivity contribution in [3.63, 3.8) is 0 Å². The maximum absolute atomic E-state index is 8.88. The van der Waals surface area contributed by atoms with Crippen molar-refractivity contribution in [1.82, 2.24) is 10.2 Å². The molecule has 1 unspecified atom stereocenters. The van der Waals surface area contributed by atoms with E-state index in [1.165, 1.54) is 0 Å². The average molecular weight is 165 g/mol. The molecule has 1 aliphatic rings. The minimum Gasteiger partial charge on any atom is -0.314 e. The van der Waals surface area contributed by atoms with Crippen molar-refractivity contribution in [1.29, 1.82) is 5.26 Å². The van der Waals surface area contributed by atoms with Gasteiger partial charge in [-0.1, -0.05) is 6.58 Å². The molecule has 12 heavy (non-hydrogen) atoms. The van der Waals surface area contributed by atoms with E-state index in [1.807, 2.05) is 6.92 Å². The van der Waals surface area contributed by atoms with E-state index in [9.17, 15) is 0 Å². The van der Waals surface area contributed by atoms with Crippen LogP contribution in [-0.4, -0.2) is 37.1 Å². The van der Waals surface area contributed by atoms with Crippen molar-refractivity contribution in [3.8, 4) is 6.07 Å². The second-order valence-electron chi connectivity index (χ2n) is 3.16. The third kappa shape index (κ3) is 2.07. The third-order valence-corrected chi connectivity index (χ3v) is 2.11. The smallest absolute Gasteiger partial charge is 0.119 e. The van der Waals surface area contributed by atoms with Crippen LogP contribution in [-0.2, 0) is 0 Å². The molecule has 0 aromatic heterocycles. The van der Waals surface area contributed by atoms with Crippen LogP contribution in [0.3, 0.4) is 0 Å². The molecule has 0 amide bonds. The number of nitriles is 1. The Morgan fingerprint density at radius 2 is 2.17 bits per heavy atom. The van der Waals surface area contributed by atoms with Crippen molar-refractivity contribution in [2.45, 2.75) is 13.0 Å². The Balaban J connectivity index is 2.53. The van der Waals surface area contributed by atoms with E-state index in [2.05, 4.69) is 22.9 Å². The first-order chi connectivity index (χ1) is 5.75. The quantitative estimate of drug-likeness (QED) is 0.600. The number of nitrogens with one attached hydrogen (secondary N) is 1. The monoisotopic (exact) mass is 165 g/mol. The molecule has 1 N–H and O–H groups in total. The predicted molar refractivity (Wildman–Crippen MR) is 48.7 cm³/mol. The minimum atomic E-state index is -0.0906. The van der Waals surface area contributed by atoms with E-state index in [0.29, 0.717) is 0 Å². The van der Waals surface area contributed by atoms with Crippen molar-refractivity contribution in [3.05, 3.63) is 12.2 Å². The Bertz CT molecular complexity index is 198. The van der Waals surface area contributed by atoms with Crippen LogP contribution in [0.2, 0.25) is 0 Å². The van der Waals surface area contributed by atoms with Crippen molar-refractivity contribution in [2.24, 2.45) is 0 Å². The van der Waals surface area contributed by atoms with Gasteiger partial charge in [0.15, 0.2) is 0 Å². The van der Waals surface area contributed by atoms with E-state index in [4.69, 9.17) is 5.26 Å². The van der Waals surface area contributed by atoms with E-state index < -0.39 is 0 Å². The summed E-state index contributed by atoms with van der Waals surface area (Å²) in [7, 11) is 0. The highest BCUT2D eigenvalue weighted by Gasteiger charge is 2.19. The fraction of sp³-hybridized carbons (Fsp3) is 0.667. The van der Waals surface area contributed by atoms with Crippen LogP contribution in [0.5, 0.6) is 0 Å². The first kappa shape index (κ1) is 9.24. The SMILES string of the molecule is C=C(C)C(C#N)N1CCNCC1. The van der Waals surface area contributed by atoms with Crippen molar-refractivity contribution < 1.29 is 0 Å². The van der Waals surface area contributed by atoms with Gasteiger partial charge in [-0.05, 0) is 12.5 Å². The summed E-state index contributed by atoms with van der Waals surface area (Å²) in [6.07, 6.45) is 0. The largest absolute Gasteiger partial charge is 0.314 e. The zero-order chi connectivity index (χ0) is 8.97. The molecule has 0 aromatic carbocycles. The maximum Gasteiger partial charge on any atom is 0.119 e. The highest BCUT2D eigenvalue weighted by molar-refractivity contribution is 5.14. The first-order valence-corrected chi connectivity index (χ1v) is 4.25. The Morgan fingerprint density at radius 3 is 2.58 bits per heavy atom. The lowest BCUT2D eigenvalue weighted by Gasteiger charge is -2.31. The summed E-state index contributed by atoms with van der Waals surface area (Å²) in [6.45, 7) is 9.58. The molecule has 0 saturated carbocycles. The Kier molecular flexibility index (Phi) is 3.27. The van der Waals surface area contributed by atoms with Gasteiger partial charge in [0, 0.05) is 26.2 Å². The van der Waals surface area contributed by atoms with Crippen LogP contribution in [0, 0.1) is 11.3 Å². The van der Waals surface area contributed by atoms with Crippen LogP contribution < -0.4 is 5.32 Å². The summed E-state index contributed by atoms with van der Waals surface area (Å²) >= 11 is 0. The van der Waals surface area contributed by atoms with E-state index in [-0.39, 0.29) is 6.04 Å². The van der Waals surface area contributed by atoms with Gasteiger partial charge in [0.2, 0.25) is 0 Å². The normalized spacial score (nSPS) is 21.3. The van der Waals surface area contributed by atoms with Gasteiger partial charge < -0.3 is 5.32 Å². The molecule has 3 nitrogen and oxygen atoms in total. The maximum atomic E-state index is 8.88. The second-order valence-corrected chi connectivity index (χ2v) is 3.16. The molecule has 0 spiro atoms. The molecule has 1 heterocycles. The Hall–Kier alpha value is -0.850. The molecule has 1 aliphatic heterocycles. The van der Waals surface area contributed by atoms with Gasteiger partial charge in [-0.2, -0.15) is 5.26 Å². The number of hydrogen-bond donors (Lipinski definition) is 1. The molecule has 0 aromatic rings. The molecule has 0 radical (unpaired) electrons. The minimum absolute atomic E-state index is 0.0906. The molecular formula is C9H15N3. The molecule has 1 rings (SSSR count). The lowest BCUT2D eigenvalue weighted by molar-refractivity contribution is 0.225. The number of nitrogens with zero attached hydrogens (tertiary/aromatic N) is 2. The fourth-order valence-electron chi connectivity index (χ4n) is 1.44. The molecule has 3 heteroatoms. The molecular weight excluding hydrogens is 150 g/mol. The van der Waals surface area contributed by atoms with Crippen LogP contribution in [0.15, 0.2) is 12.2 Å². The number of hydrogen-bond acceptors (Lipinski definition) is 3. The summed E-state index contributed by atoms with van der Waals surface area (Å²) in [5.41, 5.74) is 0.944. The standard InChI is InChI=1S/C9H15N3/c1-8(2)9(7-10)12-5-3-11-4-6-12/h9,11H,1,3-6H2,2H3. The highest BCUT2D eigenvalue weighted by atomic mass is 15.2. The van der Waals surface area contributed by atoms with Crippen molar-refractivity contribution in [2.75, 3.05) is 26.2 Å². The molecule has 0 aliphatic carbocycles. The molecule has 0 bridgehead atoms. The summed E-state index contributed by atoms with van der Waals surface area (Å²) < 4.78 is 0. The zero-order valence-corrected chi connectivity index (χ0v) is 7.51. The van der Waals surface area contributed by atoms with E-state index in [1.54, 1.807) is 0 Å². The van der Waals surface area contributed by atoms with Gasteiger partial charge in [0.1, 0.15) is 6.04 Å². The van der Waals surface area contributed by atoms with Gasteiger partial charge >= 0.3 is 0 Å². The fourth-order valence-corrected chi connectivity index (χ4v) is 1.44. The van der Waals surface area contributed by atoms with Crippen LogP contribution in [0.25, 0.3) is 0 Å². The van der Waals surface area contributed by atoms with E-state index >= 15 is 0 Å². The van der Waals surface area contributed by atoms with Crippen LogP contribution >= 0.6 is 0 Å². The van der Waals surface area contributed by atoms with Crippen LogP contribution in [0.1, 0.15) is 6.92 Å². The van der Waals surface area contributed by atoms with Gasteiger partial charge in [0.05, 0.1) is 6.07 Å². The average Bonchev–Trinajstić information content (AvgIpc) is 2.07. The van der Waals surface area contributed by atoms with Gasteiger partial charge in [-0.25, -0.2) is 0 Å². The molecule has 1 atom stereocenters. The molecule has 1 fully saturated rings. The topological polar surface area (TPSA) is 39.1 Å². The van der Waals surface area contributed by atoms with Crippen molar-refractivity contribution >= 4 is 0 Å². The lowest BCUT2D eigenvalue weighted by atomic mass is 10.1. The highest BCUT2D eigenvalue weighted by Crippen LogP contribution is 2.07. The predicted octanol–water partition coefficient (Wildman–Crippen LogP) is 0.360. The van der Waals surface area contributed by atoms with Gasteiger partial charge in [-0.15, -0.1) is 0 Å². The van der Waals surface area contributed by atoms with Gasteiger partial charge in [-0.3, -0.25) is 4.90 Å². The van der Waals surface area contributed by atoms with Gasteiger partial charge in [0.25, 0.3) is 0 Å². The number of piperazine rings is 1. The van der Waals surface area contributed by atoms with E-state index in [0.717, 1.165) is 31.8 Å². The zero-order valence-electron chi connectivity index (χ0n) is 7.51. The summed E-state index contributed by atoms with van der Waals surface area (Å²) in [6, 6.07) is 2.18. The summed E-state index contributed by atoms with van der Waals surface area (Å²) in [5, 5.41) is 12.1. The first-order valence-electron chi connectivity index (χ1n) is 4.25. The van der Waals surface area contributed by atoms with Crippen LogP contribution in [0.4, 0.5) is 0 Å². The molecule has 66 valence electrons. The third-order valence-electron chi connectivity index (χ3n) is 2.11. The summed E-state index contributed by atoms with van der Waals surface area (Å²) in [5.74, 6) is 0. The Morgan fingerprint density at radius 1 is 1.58 bits per heavy atom. The lowest BCUT2D eigenvalue weighted by Crippen LogP contribution is -2.48. The number of rotatable bonds is 2. The molecule has 1 saturated heterocycles. The Labute approximate surface area is 73.7 Å². The summed E-state index contributed by atoms with van der Waals surface area (Å²) in [4.78, 5) is 2.17.